The second kappa shape index (κ2) is 7.09. The molecule has 122 valence electrons. The Morgan fingerprint density at radius 3 is 2.39 bits per heavy atom. The first kappa shape index (κ1) is 16.7. The summed E-state index contributed by atoms with van der Waals surface area (Å²) < 4.78 is 10.1. The number of esters is 1. The minimum atomic E-state index is -0.546. The zero-order valence-electron chi connectivity index (χ0n) is 13.6. The molecule has 23 heavy (non-hydrogen) atoms. The highest BCUT2D eigenvalue weighted by Crippen LogP contribution is 2.24. The van der Waals surface area contributed by atoms with E-state index in [2.05, 4.69) is 10.3 Å². The van der Waals surface area contributed by atoms with Crippen molar-refractivity contribution < 1.29 is 18.7 Å². The number of hydrogen-bond donors (Lipinski definition) is 1. The van der Waals surface area contributed by atoms with Crippen molar-refractivity contribution in [2.75, 3.05) is 7.11 Å². The van der Waals surface area contributed by atoms with Crippen LogP contribution in [0.15, 0.2) is 34.7 Å². The number of amides is 1. The van der Waals surface area contributed by atoms with Gasteiger partial charge in [0.1, 0.15) is 0 Å². The maximum atomic E-state index is 12.5. The molecular formula is C17H20N2O4. The van der Waals surface area contributed by atoms with Crippen molar-refractivity contribution in [1.82, 2.24) is 10.3 Å². The molecule has 6 heteroatoms. The van der Waals surface area contributed by atoms with Gasteiger partial charge in [0.05, 0.1) is 24.8 Å². The fraction of sp³-hybridized carbons (Fsp3) is 0.353. The number of benzene rings is 1. The summed E-state index contributed by atoms with van der Waals surface area (Å²) in [6.45, 7) is 5.09. The summed E-state index contributed by atoms with van der Waals surface area (Å²) in [6, 6.07) is 8.74. The fourth-order valence-electron chi connectivity index (χ4n) is 2.43. The molecule has 0 radical (unpaired) electrons. The van der Waals surface area contributed by atoms with Gasteiger partial charge in [0.15, 0.2) is 5.89 Å². The van der Waals surface area contributed by atoms with Crippen LogP contribution in [0.3, 0.4) is 0 Å². The van der Waals surface area contributed by atoms with Gasteiger partial charge in [-0.1, -0.05) is 30.3 Å². The van der Waals surface area contributed by atoms with Crippen LogP contribution in [-0.4, -0.2) is 24.0 Å². The Kier molecular flexibility index (Phi) is 5.16. The third-order valence-corrected chi connectivity index (χ3v) is 3.63. The molecule has 0 aliphatic heterocycles. The predicted octanol–water partition coefficient (Wildman–Crippen LogP) is 2.57. The number of rotatable bonds is 5. The molecule has 0 spiro atoms. The summed E-state index contributed by atoms with van der Waals surface area (Å²) in [5, 5.41) is 2.85. The van der Waals surface area contributed by atoms with Crippen molar-refractivity contribution in [3.05, 3.63) is 53.2 Å². The van der Waals surface area contributed by atoms with Gasteiger partial charge >= 0.3 is 5.97 Å². The average Bonchev–Trinajstić information content (AvgIpc) is 2.90. The summed E-state index contributed by atoms with van der Waals surface area (Å²) in [7, 11) is 1.33. The highest BCUT2D eigenvalue weighted by molar-refractivity contribution is 5.93. The quantitative estimate of drug-likeness (QED) is 0.857. The lowest BCUT2D eigenvalue weighted by molar-refractivity contribution is -0.145. The Morgan fingerprint density at radius 2 is 1.87 bits per heavy atom. The van der Waals surface area contributed by atoms with E-state index in [4.69, 9.17) is 9.15 Å². The number of carbonyl (C=O) groups is 2. The van der Waals surface area contributed by atoms with Crippen LogP contribution in [0.1, 0.15) is 40.7 Å². The van der Waals surface area contributed by atoms with E-state index < -0.39 is 23.8 Å². The molecule has 0 aliphatic carbocycles. The second-order valence-corrected chi connectivity index (χ2v) is 5.32. The van der Waals surface area contributed by atoms with E-state index >= 15 is 0 Å². The van der Waals surface area contributed by atoms with Crippen molar-refractivity contribution in [3.63, 3.8) is 0 Å². The van der Waals surface area contributed by atoms with Crippen molar-refractivity contribution in [2.45, 2.75) is 26.8 Å². The van der Waals surface area contributed by atoms with Crippen molar-refractivity contribution in [1.29, 1.82) is 0 Å². The zero-order valence-corrected chi connectivity index (χ0v) is 13.6. The van der Waals surface area contributed by atoms with Gasteiger partial charge in [-0.05, 0) is 19.4 Å². The van der Waals surface area contributed by atoms with E-state index in [0.717, 1.165) is 5.56 Å². The molecule has 1 heterocycles. The van der Waals surface area contributed by atoms with Crippen LogP contribution in [0, 0.1) is 19.8 Å². The van der Waals surface area contributed by atoms with Gasteiger partial charge in [-0.3, -0.25) is 9.59 Å². The van der Waals surface area contributed by atoms with E-state index in [1.165, 1.54) is 7.11 Å². The van der Waals surface area contributed by atoms with Gasteiger partial charge < -0.3 is 14.5 Å². The van der Waals surface area contributed by atoms with E-state index in [1.807, 2.05) is 30.3 Å². The molecule has 0 saturated carbocycles. The summed E-state index contributed by atoms with van der Waals surface area (Å²) >= 11 is 0. The molecule has 1 aromatic carbocycles. The molecule has 0 unspecified atom stereocenters. The van der Waals surface area contributed by atoms with Crippen molar-refractivity contribution in [3.8, 4) is 0 Å². The number of aromatic nitrogens is 1. The standard InChI is InChI=1S/C17H20N2O4/c1-10(17(21)22-4)14(13-8-6-5-7-9-13)19-16(20)15-11(2)18-12(3)23-15/h5-10,14H,1-4H3,(H,19,20)/t10-,14-/m0/s1. The predicted molar refractivity (Wildman–Crippen MR) is 83.8 cm³/mol. The van der Waals surface area contributed by atoms with Gasteiger partial charge in [-0.25, -0.2) is 4.98 Å². The topological polar surface area (TPSA) is 81.4 Å². The van der Waals surface area contributed by atoms with E-state index in [0.29, 0.717) is 11.6 Å². The third-order valence-electron chi connectivity index (χ3n) is 3.63. The first-order chi connectivity index (χ1) is 10.9. The van der Waals surface area contributed by atoms with Crippen LogP contribution in [0.25, 0.3) is 0 Å². The van der Waals surface area contributed by atoms with Gasteiger partial charge in [-0.15, -0.1) is 0 Å². The number of methoxy groups -OCH3 is 1. The molecule has 0 fully saturated rings. The number of ether oxygens (including phenoxy) is 1. The number of oxazole rings is 1. The minimum absolute atomic E-state index is 0.153. The second-order valence-electron chi connectivity index (χ2n) is 5.32. The normalized spacial score (nSPS) is 13.2. The van der Waals surface area contributed by atoms with Gasteiger partial charge in [0, 0.05) is 6.92 Å². The first-order valence-electron chi connectivity index (χ1n) is 7.31. The SMILES string of the molecule is COC(=O)[C@@H](C)[C@H](NC(=O)c1oc(C)nc1C)c1ccccc1. The van der Waals surface area contributed by atoms with Crippen molar-refractivity contribution in [2.24, 2.45) is 5.92 Å². The Hall–Kier alpha value is -2.63. The Morgan fingerprint density at radius 1 is 1.22 bits per heavy atom. The number of aryl methyl sites for hydroxylation is 2. The van der Waals surface area contributed by atoms with E-state index in [9.17, 15) is 9.59 Å². The Labute approximate surface area is 134 Å². The number of nitrogens with zero attached hydrogens (tertiary/aromatic N) is 1. The maximum Gasteiger partial charge on any atom is 0.310 e. The molecule has 0 aliphatic rings. The summed E-state index contributed by atoms with van der Waals surface area (Å²) in [6.07, 6.45) is 0. The molecule has 1 amide bonds. The fourth-order valence-corrected chi connectivity index (χ4v) is 2.43. The van der Waals surface area contributed by atoms with Crippen molar-refractivity contribution >= 4 is 11.9 Å². The number of carbonyl (C=O) groups excluding carboxylic acids is 2. The zero-order chi connectivity index (χ0) is 17.0. The molecule has 1 aromatic heterocycles. The van der Waals surface area contributed by atoms with Gasteiger partial charge in [0.25, 0.3) is 5.91 Å². The highest BCUT2D eigenvalue weighted by atomic mass is 16.5. The van der Waals surface area contributed by atoms with Crippen LogP contribution in [0.5, 0.6) is 0 Å². The van der Waals surface area contributed by atoms with E-state index in [1.54, 1.807) is 20.8 Å². The molecular weight excluding hydrogens is 296 g/mol. The lowest BCUT2D eigenvalue weighted by Crippen LogP contribution is -2.36. The summed E-state index contributed by atoms with van der Waals surface area (Å²) in [5.41, 5.74) is 1.32. The molecule has 2 atom stereocenters. The van der Waals surface area contributed by atoms with Gasteiger partial charge in [0.2, 0.25) is 5.76 Å². The summed E-state index contributed by atoms with van der Waals surface area (Å²) in [5.74, 6) is -0.779. The van der Waals surface area contributed by atoms with Crippen LogP contribution in [0.2, 0.25) is 0 Å². The molecule has 0 bridgehead atoms. The molecule has 6 nitrogen and oxygen atoms in total. The molecule has 2 rings (SSSR count). The largest absolute Gasteiger partial charge is 0.469 e. The number of hydrogen-bond acceptors (Lipinski definition) is 5. The lowest BCUT2D eigenvalue weighted by Gasteiger charge is -2.23. The van der Waals surface area contributed by atoms with Crippen LogP contribution in [-0.2, 0) is 9.53 Å². The Balaban J connectivity index is 2.29. The minimum Gasteiger partial charge on any atom is -0.469 e. The monoisotopic (exact) mass is 316 g/mol. The first-order valence-corrected chi connectivity index (χ1v) is 7.31. The highest BCUT2D eigenvalue weighted by Gasteiger charge is 2.29. The smallest absolute Gasteiger partial charge is 0.310 e. The van der Waals surface area contributed by atoms with Gasteiger partial charge in [-0.2, -0.15) is 0 Å². The number of nitrogens with one attached hydrogen (secondary N) is 1. The van der Waals surface area contributed by atoms with Crippen LogP contribution >= 0.6 is 0 Å². The average molecular weight is 316 g/mol. The maximum absolute atomic E-state index is 12.5. The Bertz CT molecular complexity index is 694. The molecule has 0 saturated heterocycles. The van der Waals surface area contributed by atoms with E-state index in [-0.39, 0.29) is 5.76 Å². The van der Waals surface area contributed by atoms with Crippen LogP contribution in [0.4, 0.5) is 0 Å². The lowest BCUT2D eigenvalue weighted by atomic mass is 9.94. The third kappa shape index (κ3) is 3.77. The van der Waals surface area contributed by atoms with Crippen LogP contribution < -0.4 is 5.32 Å². The molecule has 2 aromatic rings. The summed E-state index contributed by atoms with van der Waals surface area (Å²) in [4.78, 5) is 28.5. The molecule has 1 N–H and O–H groups in total.